The van der Waals surface area contributed by atoms with E-state index in [1.54, 1.807) is 14.2 Å². The molecule has 0 fully saturated rings. The second-order valence-corrected chi connectivity index (χ2v) is 5.58. The number of rotatable bonds is 5. The van der Waals surface area contributed by atoms with Crippen molar-refractivity contribution in [2.45, 2.75) is 20.0 Å². The Morgan fingerprint density at radius 2 is 1.83 bits per heavy atom. The molecule has 0 saturated carbocycles. The maximum Gasteiger partial charge on any atom is 0.191 e. The van der Waals surface area contributed by atoms with Crippen LogP contribution in [-0.2, 0) is 13.1 Å². The molecule has 6 heteroatoms. The van der Waals surface area contributed by atoms with Crippen molar-refractivity contribution in [3.8, 4) is 5.75 Å². The largest absolute Gasteiger partial charge is 0.496 e. The van der Waals surface area contributed by atoms with Crippen molar-refractivity contribution in [3.05, 3.63) is 64.2 Å². The molecule has 0 aromatic heterocycles. The van der Waals surface area contributed by atoms with E-state index in [9.17, 15) is 0 Å². The summed E-state index contributed by atoms with van der Waals surface area (Å²) in [6.07, 6.45) is 0. The van der Waals surface area contributed by atoms with Crippen LogP contribution in [0.5, 0.6) is 5.75 Å². The quantitative estimate of drug-likeness (QED) is 0.401. The molecule has 2 rings (SSSR count). The van der Waals surface area contributed by atoms with Gasteiger partial charge in [0, 0.05) is 25.2 Å². The third-order valence-corrected chi connectivity index (χ3v) is 3.92. The summed E-state index contributed by atoms with van der Waals surface area (Å²) in [5.74, 6) is 1.63. The van der Waals surface area contributed by atoms with Gasteiger partial charge in [0.2, 0.25) is 0 Å². The van der Waals surface area contributed by atoms with Crippen LogP contribution in [0.1, 0.15) is 16.7 Å². The number of guanidine groups is 1. The van der Waals surface area contributed by atoms with Gasteiger partial charge < -0.3 is 15.4 Å². The monoisotopic (exact) mass is 459 g/mol. The predicted molar refractivity (Wildman–Crippen MR) is 112 cm³/mol. The van der Waals surface area contributed by atoms with Crippen molar-refractivity contribution in [3.63, 3.8) is 0 Å². The third kappa shape index (κ3) is 5.87. The normalized spacial score (nSPS) is 10.8. The average Bonchev–Trinajstić information content (AvgIpc) is 2.56. The van der Waals surface area contributed by atoms with Gasteiger partial charge in [-0.3, -0.25) is 4.99 Å². The molecule has 2 N–H and O–H groups in total. The van der Waals surface area contributed by atoms with Crippen LogP contribution in [0, 0.1) is 6.92 Å². The number of benzene rings is 2. The molecule has 0 atom stereocenters. The Balaban J connectivity index is 0.00000288. The zero-order valence-electron chi connectivity index (χ0n) is 14.1. The molecule has 0 saturated heterocycles. The number of hydrogen-bond acceptors (Lipinski definition) is 2. The number of methoxy groups -OCH3 is 1. The zero-order chi connectivity index (χ0) is 16.7. The van der Waals surface area contributed by atoms with Crippen molar-refractivity contribution >= 4 is 41.5 Å². The Labute approximate surface area is 165 Å². The van der Waals surface area contributed by atoms with Gasteiger partial charge in [-0.2, -0.15) is 0 Å². The number of hydrogen-bond donors (Lipinski definition) is 2. The molecule has 0 aliphatic rings. The molecular weight excluding hydrogens is 437 g/mol. The van der Waals surface area contributed by atoms with Gasteiger partial charge in [-0.1, -0.05) is 41.9 Å². The lowest BCUT2D eigenvalue weighted by Gasteiger charge is -2.13. The fraction of sp³-hybridized carbons (Fsp3) is 0.278. The number of nitrogens with zero attached hydrogens (tertiary/aromatic N) is 1. The minimum absolute atomic E-state index is 0. The van der Waals surface area contributed by atoms with Gasteiger partial charge in [-0.05, 0) is 35.7 Å². The molecule has 0 aliphatic heterocycles. The molecular formula is C18H23ClIN3O. The molecule has 130 valence electrons. The van der Waals surface area contributed by atoms with E-state index < -0.39 is 0 Å². The molecule has 0 spiro atoms. The van der Waals surface area contributed by atoms with Crippen LogP contribution >= 0.6 is 35.6 Å². The van der Waals surface area contributed by atoms with Crippen LogP contribution in [0.15, 0.2) is 47.5 Å². The summed E-state index contributed by atoms with van der Waals surface area (Å²) in [6.45, 7) is 3.35. The Morgan fingerprint density at radius 1 is 1.12 bits per heavy atom. The Kier molecular flexibility index (Phi) is 8.92. The summed E-state index contributed by atoms with van der Waals surface area (Å²) in [5, 5.41) is 7.31. The van der Waals surface area contributed by atoms with E-state index in [1.165, 1.54) is 5.56 Å². The maximum absolute atomic E-state index is 6.16. The lowest BCUT2D eigenvalue weighted by molar-refractivity contribution is 0.411. The van der Waals surface area contributed by atoms with Crippen LogP contribution in [0.3, 0.4) is 0 Å². The first kappa shape index (κ1) is 20.6. The SMILES string of the molecule is CN=C(NCc1ccc(OC)c(C)c1)NCc1ccccc1Cl.I. The van der Waals surface area contributed by atoms with Crippen molar-refractivity contribution < 1.29 is 4.74 Å². The van der Waals surface area contributed by atoms with Gasteiger partial charge in [0.1, 0.15) is 5.75 Å². The number of nitrogens with one attached hydrogen (secondary N) is 2. The van der Waals surface area contributed by atoms with Gasteiger partial charge in [-0.15, -0.1) is 24.0 Å². The van der Waals surface area contributed by atoms with Crippen LogP contribution < -0.4 is 15.4 Å². The van der Waals surface area contributed by atoms with E-state index >= 15 is 0 Å². The summed E-state index contributed by atoms with van der Waals surface area (Å²) >= 11 is 6.16. The maximum atomic E-state index is 6.16. The summed E-state index contributed by atoms with van der Waals surface area (Å²) < 4.78 is 5.28. The second-order valence-electron chi connectivity index (χ2n) is 5.17. The molecule has 4 nitrogen and oxygen atoms in total. The summed E-state index contributed by atoms with van der Waals surface area (Å²) in [4.78, 5) is 4.23. The molecule has 0 heterocycles. The number of aryl methyl sites for hydroxylation is 1. The van der Waals surface area contributed by atoms with E-state index in [-0.39, 0.29) is 24.0 Å². The number of ether oxygens (including phenoxy) is 1. The van der Waals surface area contributed by atoms with Crippen molar-refractivity contribution in [2.75, 3.05) is 14.2 Å². The van der Waals surface area contributed by atoms with Crippen LogP contribution in [0.4, 0.5) is 0 Å². The number of aliphatic imine (C=N–C) groups is 1. The van der Waals surface area contributed by atoms with Gasteiger partial charge >= 0.3 is 0 Å². The average molecular weight is 460 g/mol. The fourth-order valence-electron chi connectivity index (χ4n) is 2.28. The Morgan fingerprint density at radius 3 is 2.46 bits per heavy atom. The van der Waals surface area contributed by atoms with E-state index in [0.717, 1.165) is 27.9 Å². The third-order valence-electron chi connectivity index (χ3n) is 3.55. The summed E-state index contributed by atoms with van der Waals surface area (Å²) in [6, 6.07) is 13.9. The predicted octanol–water partition coefficient (Wildman–Crippen LogP) is 4.14. The first-order valence-electron chi connectivity index (χ1n) is 7.45. The molecule has 2 aromatic carbocycles. The first-order chi connectivity index (χ1) is 11.1. The second kappa shape index (κ2) is 10.4. The van der Waals surface area contributed by atoms with Gasteiger partial charge in [0.15, 0.2) is 5.96 Å². The van der Waals surface area contributed by atoms with Gasteiger partial charge in [-0.25, -0.2) is 0 Å². The topological polar surface area (TPSA) is 45.7 Å². The van der Waals surface area contributed by atoms with E-state index in [0.29, 0.717) is 13.1 Å². The highest BCUT2D eigenvalue weighted by atomic mass is 127. The summed E-state index contributed by atoms with van der Waals surface area (Å²) in [7, 11) is 3.43. The molecule has 0 unspecified atom stereocenters. The molecule has 0 aliphatic carbocycles. The molecule has 0 bridgehead atoms. The molecule has 2 aromatic rings. The smallest absolute Gasteiger partial charge is 0.191 e. The van der Waals surface area contributed by atoms with Crippen molar-refractivity contribution in [2.24, 2.45) is 4.99 Å². The standard InChI is InChI=1S/C18H22ClN3O.HI/c1-13-10-14(8-9-17(13)23-3)11-21-18(20-2)22-12-15-6-4-5-7-16(15)19;/h4-10H,11-12H2,1-3H3,(H2,20,21,22);1H. The first-order valence-corrected chi connectivity index (χ1v) is 7.83. The lowest BCUT2D eigenvalue weighted by atomic mass is 10.1. The molecule has 0 radical (unpaired) electrons. The van der Waals surface area contributed by atoms with E-state index in [2.05, 4.69) is 21.7 Å². The Bertz CT molecular complexity index is 692. The van der Waals surface area contributed by atoms with Crippen molar-refractivity contribution in [1.82, 2.24) is 10.6 Å². The van der Waals surface area contributed by atoms with Crippen LogP contribution in [0.25, 0.3) is 0 Å². The van der Waals surface area contributed by atoms with E-state index in [1.807, 2.05) is 43.3 Å². The zero-order valence-corrected chi connectivity index (χ0v) is 17.2. The lowest BCUT2D eigenvalue weighted by Crippen LogP contribution is -2.36. The minimum atomic E-state index is 0. The molecule has 0 amide bonds. The van der Waals surface area contributed by atoms with Crippen LogP contribution in [0.2, 0.25) is 5.02 Å². The highest BCUT2D eigenvalue weighted by Crippen LogP contribution is 2.18. The highest BCUT2D eigenvalue weighted by molar-refractivity contribution is 14.0. The van der Waals surface area contributed by atoms with Crippen molar-refractivity contribution in [1.29, 1.82) is 0 Å². The van der Waals surface area contributed by atoms with Gasteiger partial charge in [0.25, 0.3) is 0 Å². The summed E-state index contributed by atoms with van der Waals surface area (Å²) in [5.41, 5.74) is 3.33. The number of halogens is 2. The highest BCUT2D eigenvalue weighted by Gasteiger charge is 2.03. The van der Waals surface area contributed by atoms with E-state index in [4.69, 9.17) is 16.3 Å². The van der Waals surface area contributed by atoms with Gasteiger partial charge in [0.05, 0.1) is 7.11 Å². The fourth-order valence-corrected chi connectivity index (χ4v) is 2.48. The molecule has 24 heavy (non-hydrogen) atoms. The minimum Gasteiger partial charge on any atom is -0.496 e. The Hall–Kier alpha value is -1.47. The van der Waals surface area contributed by atoms with Crippen LogP contribution in [-0.4, -0.2) is 20.1 Å².